The minimum atomic E-state index is -1.04. The molecular weight excluding hydrogens is 1840 g/mol. The Hall–Kier alpha value is -18.5. The monoisotopic (exact) mass is 1950 g/mol. The van der Waals surface area contributed by atoms with Crippen molar-refractivity contribution >= 4 is 159 Å². The van der Waals surface area contributed by atoms with Crippen LogP contribution in [0.4, 0.5) is 98.8 Å². The molecule has 1 aliphatic carbocycles. The summed E-state index contributed by atoms with van der Waals surface area (Å²) in [5.41, 5.74) is 47.2. The first-order valence-corrected chi connectivity index (χ1v) is 46.5. The number of nitrogens with two attached hydrogens (primary N) is 5. The van der Waals surface area contributed by atoms with Gasteiger partial charge in [0.1, 0.15) is 76.4 Å². The van der Waals surface area contributed by atoms with Crippen molar-refractivity contribution in [2.24, 2.45) is 11.8 Å². The lowest BCUT2D eigenvalue weighted by Crippen LogP contribution is -2.38. The van der Waals surface area contributed by atoms with Gasteiger partial charge in [-0.1, -0.05) is 110 Å². The van der Waals surface area contributed by atoms with E-state index in [1.54, 1.807) is 101 Å². The predicted octanol–water partition coefficient (Wildman–Crippen LogP) is 17.9. The molecule has 9 amide bonds. The topological polar surface area (TPSA) is 580 Å². The van der Waals surface area contributed by atoms with Crippen LogP contribution in [0.5, 0.6) is 0 Å². The maximum atomic E-state index is 13.2. The first-order chi connectivity index (χ1) is 69.7. The molecule has 0 spiro atoms. The van der Waals surface area contributed by atoms with E-state index in [1.807, 2.05) is 155 Å². The number of aromatic nitrogens is 14. The van der Waals surface area contributed by atoms with Crippen LogP contribution in [-0.2, 0) is 4.79 Å². The molecule has 1 aliphatic heterocycles. The first-order valence-electron chi connectivity index (χ1n) is 46.5. The second kappa shape index (κ2) is 45.2. The number of alkyl halides is 1. The van der Waals surface area contributed by atoms with Gasteiger partial charge in [-0.05, 0) is 209 Å². The standard InChI is InChI=1S/C24H26FN5O.2C22H20N8O.2C19H21N5O2/c1-13-5-6-30(12-13)16-3-4-17(14(2)7-16)21-8-15-9-22(27-11-19(15)23(26)28-21)29-24(31)18-10-20(18)25;2*1-13-5-3-4-6-17(13)19-7-15-8-20(25-11-18(15)21(24)28-19)29-22(31)27-16-10-26-30(12-16)14(2)9-23;2*1-11-5-3-4-6-14(11)16-7-13-8-17(21-9-15(13)18(20)23-16)24-19(26)22-12(2)10-25/h3-4,7-9,11,13,18,20H,5-6,10,12H2,1-2H3,(H2,26,28)(H,27,29,31);2*3-8,10-12,14H,1-2H3,(H2,24,28)(H2,25,27,29,31);2*3-9,12,25H,10H2,1-2H3,(H2,20,23)(H2,21,22,24,26)/t13-,18-,20+;2*14-;2*12-/m01010/s1. The van der Waals surface area contributed by atoms with Crippen molar-refractivity contribution in [2.75, 3.05) is 97.1 Å². The molecule has 0 radical (unpaired) electrons. The Bertz CT molecular complexity index is 7480. The van der Waals surface area contributed by atoms with Gasteiger partial charge in [0.15, 0.2) is 0 Å². The molecule has 17 aromatic rings. The number of hydrogen-bond donors (Lipinski definition) is 16. The minimum absolute atomic E-state index is 0.138. The number of hydrogen-bond acceptors (Lipinski definition) is 27. The van der Waals surface area contributed by atoms with Crippen molar-refractivity contribution in [1.29, 1.82) is 10.5 Å². The highest BCUT2D eigenvalue weighted by molar-refractivity contribution is 6.05. The molecule has 145 heavy (non-hydrogen) atoms. The Morgan fingerprint density at radius 3 is 0.979 bits per heavy atom. The number of pyridine rings is 10. The molecule has 0 bridgehead atoms. The van der Waals surface area contributed by atoms with Crippen molar-refractivity contribution in [3.05, 3.63) is 260 Å². The van der Waals surface area contributed by atoms with E-state index in [9.17, 15) is 28.4 Å². The van der Waals surface area contributed by atoms with Crippen LogP contribution < -0.4 is 81.4 Å². The molecule has 1 saturated heterocycles. The van der Waals surface area contributed by atoms with Crippen LogP contribution >= 0.6 is 0 Å². The van der Waals surface area contributed by atoms with E-state index >= 15 is 0 Å². The largest absolute Gasteiger partial charge is 0.394 e. The normalized spacial score (nSPS) is 14.1. The van der Waals surface area contributed by atoms with Gasteiger partial charge in [-0.25, -0.2) is 73.4 Å². The summed E-state index contributed by atoms with van der Waals surface area (Å²) in [5.74, 6) is 3.65. The Morgan fingerprint density at radius 1 is 0.407 bits per heavy atom. The average molecular weight is 1950 g/mol. The zero-order chi connectivity index (χ0) is 103. The third-order valence-corrected chi connectivity index (χ3v) is 24.1. The maximum Gasteiger partial charge on any atom is 0.324 e. The van der Waals surface area contributed by atoms with Gasteiger partial charge in [0.2, 0.25) is 5.91 Å². The van der Waals surface area contributed by atoms with Crippen LogP contribution in [0, 0.1) is 69.1 Å². The Kier molecular flexibility index (Phi) is 31.4. The third kappa shape index (κ3) is 25.0. The van der Waals surface area contributed by atoms with Crippen molar-refractivity contribution < 1.29 is 38.6 Å². The zero-order valence-electron chi connectivity index (χ0n) is 81.0. The number of fused-ring (bicyclic) bond motifs is 5. The van der Waals surface area contributed by atoms with Gasteiger partial charge in [0, 0.05) is 105 Å². The number of rotatable bonds is 20. The summed E-state index contributed by atoms with van der Waals surface area (Å²) in [6, 6.07) is 57.4. The van der Waals surface area contributed by atoms with Crippen LogP contribution in [0.2, 0.25) is 0 Å². The van der Waals surface area contributed by atoms with Gasteiger partial charge in [0.05, 0.1) is 108 Å². The molecule has 0 unspecified atom stereocenters. The molecule has 736 valence electrons. The SMILES string of the molecule is Cc1cc(N2CC[C@H](C)C2)ccc1-c1cc2cc(NC(=O)[C@H]3C[C@H]3F)ncc2c(N)n1.Cc1ccccc1-c1cc2cc(NC(=O)N[C@@H](C)CO)ncc2c(N)n1.Cc1ccccc1-c1cc2cc(NC(=O)N[C@H](C)CO)ncc2c(N)n1.Cc1ccccc1-c1cc2cc(NC(=O)Nc3cnn([C@@H](C)C#N)c3)ncc2c(N)n1.Cc1ccccc1-c1cc2cc(NC(=O)Nc3cnn([C@H](C)C#N)c3)ncc2c(N)n1. The number of amides is 9. The maximum absolute atomic E-state index is 13.2. The van der Waals surface area contributed by atoms with Gasteiger partial charge in [-0.15, -0.1) is 0 Å². The predicted molar refractivity (Wildman–Crippen MR) is 566 cm³/mol. The van der Waals surface area contributed by atoms with Gasteiger partial charge in [-0.2, -0.15) is 20.7 Å². The minimum Gasteiger partial charge on any atom is -0.394 e. The summed E-state index contributed by atoms with van der Waals surface area (Å²) in [7, 11) is 0. The summed E-state index contributed by atoms with van der Waals surface area (Å²) in [6.45, 7) is 21.2. The number of nitrogens with one attached hydrogen (secondary N) is 9. The van der Waals surface area contributed by atoms with Crippen LogP contribution in [-0.4, -0.2) is 154 Å². The number of nitrogens with zero attached hydrogens (tertiary/aromatic N) is 17. The molecule has 2 fully saturated rings. The van der Waals surface area contributed by atoms with Crippen LogP contribution in [0.15, 0.2) is 232 Å². The molecular formula is C106H108FN31O7. The quantitative estimate of drug-likeness (QED) is 0.0337. The summed E-state index contributed by atoms with van der Waals surface area (Å²) in [4.78, 5) is 107. The van der Waals surface area contributed by atoms with Crippen LogP contribution in [0.3, 0.4) is 0 Å². The number of aryl methyl sites for hydroxylation is 5. The Balaban J connectivity index is 0.000000137. The van der Waals surface area contributed by atoms with Crippen LogP contribution in [0.25, 0.3) is 110 Å². The average Bonchev–Trinajstić information content (AvgIpc) is 1.64. The fourth-order valence-corrected chi connectivity index (χ4v) is 16.0. The van der Waals surface area contributed by atoms with Crippen molar-refractivity contribution in [3.8, 4) is 68.4 Å². The van der Waals surface area contributed by atoms with E-state index in [1.165, 1.54) is 33.9 Å². The molecule has 12 aromatic heterocycles. The number of nitrogen functional groups attached to an aromatic ring is 5. The molecule has 13 heterocycles. The van der Waals surface area contributed by atoms with Crippen LogP contribution in [0.1, 0.15) is 87.4 Å². The molecule has 21 N–H and O–H groups in total. The number of benzene rings is 5. The molecule has 19 rings (SSSR count). The second-order valence-electron chi connectivity index (χ2n) is 35.4. The highest BCUT2D eigenvalue weighted by atomic mass is 19.1. The van der Waals surface area contributed by atoms with E-state index in [0.29, 0.717) is 80.3 Å². The fourth-order valence-electron chi connectivity index (χ4n) is 16.0. The van der Waals surface area contributed by atoms with Gasteiger partial charge in [0.25, 0.3) is 0 Å². The summed E-state index contributed by atoms with van der Waals surface area (Å²) < 4.78 is 16.1. The summed E-state index contributed by atoms with van der Waals surface area (Å²) >= 11 is 0. The molecule has 2 aliphatic rings. The number of aliphatic hydroxyl groups is 2. The van der Waals surface area contributed by atoms with Crippen molar-refractivity contribution in [2.45, 2.75) is 112 Å². The molecule has 1 saturated carbocycles. The third-order valence-electron chi connectivity index (χ3n) is 24.1. The summed E-state index contributed by atoms with van der Waals surface area (Å²) in [5, 5.41) is 75.7. The Morgan fingerprint density at radius 2 is 0.703 bits per heavy atom. The number of nitriles is 2. The highest BCUT2D eigenvalue weighted by Gasteiger charge is 2.44. The number of carbonyl (C=O) groups excluding carboxylic acids is 5. The van der Waals surface area contributed by atoms with Gasteiger partial charge < -0.3 is 70.4 Å². The molecule has 5 aromatic carbocycles. The number of halogens is 1. The van der Waals surface area contributed by atoms with Crippen molar-refractivity contribution in [3.63, 3.8) is 0 Å². The van der Waals surface area contributed by atoms with E-state index in [4.69, 9.17) is 49.4 Å². The lowest BCUT2D eigenvalue weighted by molar-refractivity contribution is -0.117. The van der Waals surface area contributed by atoms with Gasteiger partial charge in [-0.3, -0.25) is 35.4 Å². The van der Waals surface area contributed by atoms with Gasteiger partial charge >= 0.3 is 24.1 Å². The highest BCUT2D eigenvalue weighted by Crippen LogP contribution is 2.39. The number of carbonyl (C=O) groups is 5. The number of urea groups is 4. The number of aliphatic hydroxyl groups excluding tert-OH is 2. The smallest absolute Gasteiger partial charge is 0.324 e. The number of anilines is 13. The second-order valence-corrected chi connectivity index (χ2v) is 35.4. The van der Waals surface area contributed by atoms with E-state index in [2.05, 4.69) is 157 Å². The first kappa shape index (κ1) is 101. The zero-order valence-corrected chi connectivity index (χ0v) is 81.0. The molecule has 38 nitrogen and oxygen atoms in total. The molecule has 39 heteroatoms. The lowest BCUT2D eigenvalue weighted by Gasteiger charge is -2.20. The fraction of sp³-hybridized carbons (Fsp3) is 0.217. The van der Waals surface area contributed by atoms with E-state index in [0.717, 1.165) is 146 Å². The van der Waals surface area contributed by atoms with E-state index < -0.39 is 48.3 Å². The summed E-state index contributed by atoms with van der Waals surface area (Å²) in [6.07, 6.45) is 14.5. The molecule has 7 atom stereocenters. The Labute approximate surface area is 833 Å². The lowest BCUT2D eigenvalue weighted by atomic mass is 10.0. The van der Waals surface area contributed by atoms with Crippen molar-refractivity contribution in [1.82, 2.24) is 80.0 Å². The van der Waals surface area contributed by atoms with E-state index in [-0.39, 0.29) is 37.6 Å².